The van der Waals surface area contributed by atoms with E-state index in [1.165, 1.54) is 10.6 Å². The van der Waals surface area contributed by atoms with Crippen molar-refractivity contribution in [3.8, 4) is 0 Å². The minimum Gasteiger partial charge on any atom is -0.462 e. The molecule has 1 aliphatic rings. The first-order valence-electron chi connectivity index (χ1n) is 10.0. The van der Waals surface area contributed by atoms with E-state index in [4.69, 9.17) is 13.9 Å². The minimum absolute atomic E-state index is 0.0201. The van der Waals surface area contributed by atoms with Crippen molar-refractivity contribution in [2.45, 2.75) is 17.9 Å². The van der Waals surface area contributed by atoms with E-state index in [-0.39, 0.29) is 45.0 Å². The second-order valence-corrected chi connectivity index (χ2v) is 9.04. The lowest BCUT2D eigenvalue weighted by Crippen LogP contribution is -2.41. The summed E-state index contributed by atoms with van der Waals surface area (Å²) in [6.07, 6.45) is 0.329. The number of nitrogens with zero attached hydrogens (tertiary/aromatic N) is 2. The Hall–Kier alpha value is -3.02. The van der Waals surface area contributed by atoms with Crippen LogP contribution >= 0.6 is 0 Å². The molecule has 0 amide bonds. The predicted octanol–water partition coefficient (Wildman–Crippen LogP) is 2.00. The van der Waals surface area contributed by atoms with Crippen molar-refractivity contribution >= 4 is 27.1 Å². The fraction of sp³-hybridized carbons (Fsp3) is 0.333. The summed E-state index contributed by atoms with van der Waals surface area (Å²) in [4.78, 5) is 23.8. The number of morpholine rings is 1. The lowest BCUT2D eigenvalue weighted by molar-refractivity contribution is 0.0495. The molecule has 9 nitrogen and oxygen atoms in total. The van der Waals surface area contributed by atoms with Gasteiger partial charge in [0.2, 0.25) is 10.0 Å². The van der Waals surface area contributed by atoms with Crippen molar-refractivity contribution in [2.75, 3.05) is 32.9 Å². The highest BCUT2D eigenvalue weighted by Gasteiger charge is 2.30. The Morgan fingerprint density at radius 2 is 1.88 bits per heavy atom. The number of aryl methyl sites for hydroxylation is 1. The molecule has 1 fully saturated rings. The number of para-hydroxylation sites is 2. The summed E-state index contributed by atoms with van der Waals surface area (Å²) in [5.74, 6) is -2.24. The van der Waals surface area contributed by atoms with Crippen LogP contribution in [0.2, 0.25) is 0 Å². The summed E-state index contributed by atoms with van der Waals surface area (Å²) in [6, 6.07) is 10.1. The number of carbonyl (C=O) groups excluding carboxylic acids is 1. The predicted molar refractivity (Wildman–Crippen MR) is 111 cm³/mol. The maximum Gasteiger partial charge on any atom is 0.419 e. The van der Waals surface area contributed by atoms with Crippen LogP contribution in [0, 0.1) is 5.82 Å². The molecule has 4 rings (SSSR count). The van der Waals surface area contributed by atoms with Crippen LogP contribution in [0.5, 0.6) is 0 Å². The molecule has 170 valence electrons. The SMILES string of the molecule is O=C(OCCCn1c(=O)oc2ccccc21)c1ccc(F)c(S(=O)(=O)N2CCOCC2)c1. The molecule has 0 atom stereocenters. The number of esters is 1. The number of rotatable bonds is 7. The number of carbonyl (C=O) groups is 1. The smallest absolute Gasteiger partial charge is 0.419 e. The zero-order chi connectivity index (χ0) is 22.7. The van der Waals surface area contributed by atoms with E-state index >= 15 is 0 Å². The van der Waals surface area contributed by atoms with Crippen LogP contribution in [-0.2, 0) is 26.0 Å². The van der Waals surface area contributed by atoms with Crippen LogP contribution in [0.3, 0.4) is 0 Å². The number of aromatic nitrogens is 1. The van der Waals surface area contributed by atoms with Crippen LogP contribution < -0.4 is 5.76 Å². The fourth-order valence-corrected chi connectivity index (χ4v) is 4.95. The Morgan fingerprint density at radius 3 is 2.66 bits per heavy atom. The highest BCUT2D eigenvalue weighted by Crippen LogP contribution is 2.22. The summed E-state index contributed by atoms with van der Waals surface area (Å²) >= 11 is 0. The molecule has 2 heterocycles. The minimum atomic E-state index is -4.11. The van der Waals surface area contributed by atoms with E-state index in [2.05, 4.69) is 0 Å². The van der Waals surface area contributed by atoms with E-state index in [9.17, 15) is 22.4 Å². The van der Waals surface area contributed by atoms with Crippen molar-refractivity contribution < 1.29 is 31.5 Å². The quantitative estimate of drug-likeness (QED) is 0.389. The normalized spacial score (nSPS) is 15.2. The van der Waals surface area contributed by atoms with E-state index in [0.29, 0.717) is 17.5 Å². The second-order valence-electron chi connectivity index (χ2n) is 7.14. The maximum atomic E-state index is 14.3. The zero-order valence-corrected chi connectivity index (χ0v) is 17.8. The summed E-state index contributed by atoms with van der Waals surface area (Å²) in [7, 11) is -4.11. The van der Waals surface area contributed by atoms with Gasteiger partial charge in [-0.3, -0.25) is 4.57 Å². The fourth-order valence-electron chi connectivity index (χ4n) is 3.45. The van der Waals surface area contributed by atoms with E-state index in [1.807, 2.05) is 0 Å². The Labute approximate surface area is 183 Å². The highest BCUT2D eigenvalue weighted by atomic mass is 32.2. The van der Waals surface area contributed by atoms with E-state index < -0.39 is 32.5 Å². The topological polar surface area (TPSA) is 108 Å². The number of halogens is 1. The molecular weight excluding hydrogens is 443 g/mol. The first-order valence-corrected chi connectivity index (χ1v) is 11.4. The van der Waals surface area contributed by atoms with Crippen LogP contribution in [-0.4, -0.2) is 56.2 Å². The molecule has 0 saturated carbocycles. The van der Waals surface area contributed by atoms with Gasteiger partial charge in [0.15, 0.2) is 5.58 Å². The maximum absolute atomic E-state index is 14.3. The average Bonchev–Trinajstić information content (AvgIpc) is 3.12. The standard InChI is InChI=1S/C21H21FN2O7S/c22-16-7-6-15(14-19(16)32(27,28)23-9-12-29-13-10-23)20(25)30-11-3-8-24-17-4-1-2-5-18(17)31-21(24)26/h1-2,4-7,14H,3,8-13H2. The van der Waals surface area contributed by atoms with Gasteiger partial charge in [0, 0.05) is 19.6 Å². The zero-order valence-electron chi connectivity index (χ0n) is 17.0. The molecule has 0 aliphatic carbocycles. The number of oxazole rings is 1. The van der Waals surface area contributed by atoms with Crippen LogP contribution in [0.4, 0.5) is 4.39 Å². The van der Waals surface area contributed by atoms with E-state index in [1.54, 1.807) is 24.3 Å². The van der Waals surface area contributed by atoms with Crippen molar-refractivity contribution in [2.24, 2.45) is 0 Å². The van der Waals surface area contributed by atoms with Gasteiger partial charge in [0.1, 0.15) is 10.7 Å². The Bertz CT molecular complexity index is 1290. The molecule has 1 aliphatic heterocycles. The second kappa shape index (κ2) is 9.23. The monoisotopic (exact) mass is 464 g/mol. The van der Waals surface area contributed by atoms with Crippen LogP contribution in [0.25, 0.3) is 11.1 Å². The number of hydrogen-bond donors (Lipinski definition) is 0. The van der Waals surface area contributed by atoms with Gasteiger partial charge in [0.05, 0.1) is 30.9 Å². The van der Waals surface area contributed by atoms with E-state index in [0.717, 1.165) is 16.4 Å². The summed E-state index contributed by atoms with van der Waals surface area (Å²) < 4.78 is 57.8. The molecule has 0 radical (unpaired) electrons. The molecule has 0 bridgehead atoms. The largest absolute Gasteiger partial charge is 0.462 e. The third kappa shape index (κ3) is 4.45. The average molecular weight is 464 g/mol. The summed E-state index contributed by atoms with van der Waals surface area (Å²) in [6.45, 7) is 0.906. The molecule has 2 aromatic carbocycles. The number of benzene rings is 2. The third-order valence-corrected chi connectivity index (χ3v) is 7.00. The lowest BCUT2D eigenvalue weighted by Gasteiger charge is -2.26. The molecule has 1 saturated heterocycles. The Kier molecular flexibility index (Phi) is 6.40. The van der Waals surface area contributed by atoms with Gasteiger partial charge in [-0.2, -0.15) is 4.31 Å². The highest BCUT2D eigenvalue weighted by molar-refractivity contribution is 7.89. The molecular formula is C21H21FN2O7S. The number of ether oxygens (including phenoxy) is 2. The first-order chi connectivity index (χ1) is 15.4. The van der Waals surface area contributed by atoms with Crippen molar-refractivity contribution in [3.63, 3.8) is 0 Å². The molecule has 0 spiro atoms. The molecule has 0 N–H and O–H groups in total. The molecule has 32 heavy (non-hydrogen) atoms. The third-order valence-electron chi connectivity index (χ3n) is 5.09. The van der Waals surface area contributed by atoms with Gasteiger partial charge in [-0.25, -0.2) is 22.4 Å². The first kappa shape index (κ1) is 22.2. The molecule has 0 unspecified atom stereocenters. The van der Waals surface area contributed by atoms with Gasteiger partial charge in [-0.1, -0.05) is 12.1 Å². The van der Waals surface area contributed by atoms with Crippen molar-refractivity contribution in [1.82, 2.24) is 8.87 Å². The Morgan fingerprint density at radius 1 is 1.12 bits per heavy atom. The summed E-state index contributed by atoms with van der Waals surface area (Å²) in [5, 5.41) is 0. The Balaban J connectivity index is 1.41. The van der Waals surface area contributed by atoms with Gasteiger partial charge >= 0.3 is 11.7 Å². The lowest BCUT2D eigenvalue weighted by atomic mass is 10.2. The van der Waals surface area contributed by atoms with Crippen molar-refractivity contribution in [3.05, 3.63) is 64.4 Å². The van der Waals surface area contributed by atoms with Gasteiger partial charge in [-0.15, -0.1) is 0 Å². The summed E-state index contributed by atoms with van der Waals surface area (Å²) in [5.41, 5.74) is 1.03. The van der Waals surface area contributed by atoms with Gasteiger partial charge < -0.3 is 13.9 Å². The number of fused-ring (bicyclic) bond motifs is 1. The van der Waals surface area contributed by atoms with Crippen molar-refractivity contribution in [1.29, 1.82) is 0 Å². The molecule has 3 aromatic rings. The van der Waals surface area contributed by atoms with Crippen LogP contribution in [0.15, 0.2) is 56.6 Å². The number of sulfonamides is 1. The van der Waals surface area contributed by atoms with Crippen LogP contribution in [0.1, 0.15) is 16.8 Å². The van der Waals surface area contributed by atoms with Gasteiger partial charge in [-0.05, 0) is 36.8 Å². The number of hydrogen-bond acceptors (Lipinski definition) is 7. The van der Waals surface area contributed by atoms with Gasteiger partial charge in [0.25, 0.3) is 0 Å². The molecule has 11 heteroatoms. The molecule has 1 aromatic heterocycles.